The summed E-state index contributed by atoms with van der Waals surface area (Å²) in [5, 5.41) is 12.0. The number of pyridine rings is 1. The van der Waals surface area contributed by atoms with Crippen LogP contribution in [0.2, 0.25) is 5.02 Å². The number of aromatic nitrogens is 1. The van der Waals surface area contributed by atoms with Crippen molar-refractivity contribution in [2.24, 2.45) is 5.92 Å². The van der Waals surface area contributed by atoms with Crippen molar-refractivity contribution < 1.29 is 5.11 Å². The van der Waals surface area contributed by atoms with E-state index in [2.05, 4.69) is 4.98 Å². The Kier molecular flexibility index (Phi) is 4.27. The quantitative estimate of drug-likeness (QED) is 0.914. The zero-order valence-electron chi connectivity index (χ0n) is 12.0. The van der Waals surface area contributed by atoms with Gasteiger partial charge in [0.1, 0.15) is 0 Å². The van der Waals surface area contributed by atoms with Crippen molar-refractivity contribution in [3.63, 3.8) is 0 Å². The van der Waals surface area contributed by atoms with Gasteiger partial charge in [0.25, 0.3) is 0 Å². The zero-order valence-corrected chi connectivity index (χ0v) is 12.8. The summed E-state index contributed by atoms with van der Waals surface area (Å²) < 4.78 is 0. The fraction of sp³-hybridized carbons (Fsp3) is 0.389. The lowest BCUT2D eigenvalue weighted by Crippen LogP contribution is -2.39. The van der Waals surface area contributed by atoms with E-state index in [1.165, 1.54) is 6.42 Å². The predicted octanol–water partition coefficient (Wildman–Crippen LogP) is 4.36. The standard InChI is InChI=1S/C18H20ClNO/c19-16-9-7-14(8-10-16)18(21)11-3-1-5-15(18)13-17-6-2-4-12-20-17/h2,4,6-10,12,15,21H,1,3,5,11,13H2/t15-,18+/m1/s1. The molecule has 0 saturated heterocycles. The fourth-order valence-electron chi connectivity index (χ4n) is 3.39. The second kappa shape index (κ2) is 6.17. The van der Waals surface area contributed by atoms with Gasteiger partial charge in [0, 0.05) is 16.9 Å². The molecule has 0 spiro atoms. The Labute approximate surface area is 130 Å². The first kappa shape index (κ1) is 14.6. The van der Waals surface area contributed by atoms with Gasteiger partial charge in [-0.2, -0.15) is 0 Å². The predicted molar refractivity (Wildman–Crippen MR) is 85.2 cm³/mol. The van der Waals surface area contributed by atoms with Gasteiger partial charge in [-0.3, -0.25) is 4.98 Å². The third-order valence-electron chi connectivity index (χ3n) is 4.56. The van der Waals surface area contributed by atoms with Crippen LogP contribution in [0.1, 0.15) is 36.9 Å². The van der Waals surface area contributed by atoms with Gasteiger partial charge in [0.15, 0.2) is 0 Å². The largest absolute Gasteiger partial charge is 0.385 e. The van der Waals surface area contributed by atoms with E-state index in [0.29, 0.717) is 5.02 Å². The zero-order chi connectivity index (χ0) is 14.7. The molecule has 0 unspecified atom stereocenters. The van der Waals surface area contributed by atoms with Gasteiger partial charge in [-0.1, -0.05) is 42.6 Å². The number of nitrogens with zero attached hydrogens (tertiary/aromatic N) is 1. The van der Waals surface area contributed by atoms with Crippen molar-refractivity contribution >= 4 is 11.6 Å². The highest BCUT2D eigenvalue weighted by atomic mass is 35.5. The molecule has 1 N–H and O–H groups in total. The van der Waals surface area contributed by atoms with Crippen molar-refractivity contribution in [1.29, 1.82) is 0 Å². The molecule has 1 aliphatic carbocycles. The summed E-state index contributed by atoms with van der Waals surface area (Å²) in [5.74, 6) is 0.210. The molecule has 1 aromatic heterocycles. The van der Waals surface area contributed by atoms with Gasteiger partial charge < -0.3 is 5.11 Å². The van der Waals surface area contributed by atoms with Gasteiger partial charge in [-0.15, -0.1) is 0 Å². The molecule has 2 atom stereocenters. The minimum atomic E-state index is -0.764. The number of benzene rings is 1. The monoisotopic (exact) mass is 301 g/mol. The molecule has 3 heteroatoms. The minimum Gasteiger partial charge on any atom is -0.385 e. The molecule has 1 saturated carbocycles. The summed E-state index contributed by atoms with van der Waals surface area (Å²) in [7, 11) is 0. The summed E-state index contributed by atoms with van der Waals surface area (Å²) >= 11 is 5.97. The van der Waals surface area contributed by atoms with Crippen molar-refractivity contribution in [2.75, 3.05) is 0 Å². The van der Waals surface area contributed by atoms with Crippen LogP contribution in [0.25, 0.3) is 0 Å². The smallest absolute Gasteiger partial charge is 0.0928 e. The van der Waals surface area contributed by atoms with E-state index >= 15 is 0 Å². The minimum absolute atomic E-state index is 0.210. The van der Waals surface area contributed by atoms with Crippen molar-refractivity contribution in [1.82, 2.24) is 4.98 Å². The average molecular weight is 302 g/mol. The molecule has 0 bridgehead atoms. The summed E-state index contributed by atoms with van der Waals surface area (Å²) in [5.41, 5.74) is 1.27. The Morgan fingerprint density at radius 1 is 1.14 bits per heavy atom. The van der Waals surface area contributed by atoms with E-state index in [4.69, 9.17) is 11.6 Å². The second-order valence-electron chi connectivity index (χ2n) is 5.90. The molecule has 1 fully saturated rings. The molecular weight excluding hydrogens is 282 g/mol. The molecule has 0 radical (unpaired) electrons. The Bertz CT molecular complexity index is 584. The maximum atomic E-state index is 11.3. The van der Waals surface area contributed by atoms with Gasteiger partial charge in [0.05, 0.1) is 5.60 Å². The third-order valence-corrected chi connectivity index (χ3v) is 4.81. The lowest BCUT2D eigenvalue weighted by molar-refractivity contribution is -0.0545. The first-order chi connectivity index (χ1) is 10.2. The van der Waals surface area contributed by atoms with Crippen LogP contribution in [0, 0.1) is 5.92 Å². The number of hydrogen-bond donors (Lipinski definition) is 1. The highest BCUT2D eigenvalue weighted by Gasteiger charge is 2.40. The van der Waals surface area contributed by atoms with Crippen LogP contribution in [-0.2, 0) is 12.0 Å². The molecule has 21 heavy (non-hydrogen) atoms. The van der Waals surface area contributed by atoms with Crippen LogP contribution >= 0.6 is 11.6 Å². The van der Waals surface area contributed by atoms with Crippen LogP contribution < -0.4 is 0 Å². The Balaban J connectivity index is 1.88. The maximum Gasteiger partial charge on any atom is 0.0928 e. The van der Waals surface area contributed by atoms with E-state index < -0.39 is 5.60 Å². The van der Waals surface area contributed by atoms with Crippen LogP contribution in [-0.4, -0.2) is 10.1 Å². The van der Waals surface area contributed by atoms with Gasteiger partial charge in [0.2, 0.25) is 0 Å². The first-order valence-electron chi connectivity index (χ1n) is 7.57. The van der Waals surface area contributed by atoms with Crippen molar-refractivity contribution in [3.05, 3.63) is 64.9 Å². The summed E-state index contributed by atoms with van der Waals surface area (Å²) in [6.07, 6.45) is 6.73. The number of rotatable bonds is 3. The Hall–Kier alpha value is -1.38. The maximum absolute atomic E-state index is 11.3. The van der Waals surface area contributed by atoms with E-state index in [9.17, 15) is 5.11 Å². The lowest BCUT2D eigenvalue weighted by atomic mass is 9.70. The molecule has 110 valence electrons. The Morgan fingerprint density at radius 3 is 2.67 bits per heavy atom. The molecule has 3 rings (SSSR count). The molecule has 2 aromatic rings. The fourth-order valence-corrected chi connectivity index (χ4v) is 3.51. The number of halogens is 1. The molecule has 1 aliphatic rings. The normalized spacial score (nSPS) is 25.7. The first-order valence-corrected chi connectivity index (χ1v) is 7.94. The van der Waals surface area contributed by atoms with Gasteiger partial charge in [-0.05, 0) is 55.0 Å². The van der Waals surface area contributed by atoms with Crippen molar-refractivity contribution in [2.45, 2.75) is 37.7 Å². The topological polar surface area (TPSA) is 33.1 Å². The molecule has 0 aliphatic heterocycles. The lowest BCUT2D eigenvalue weighted by Gasteiger charge is -2.40. The van der Waals surface area contributed by atoms with E-state index in [1.807, 2.05) is 48.7 Å². The third kappa shape index (κ3) is 3.12. The number of aliphatic hydroxyl groups is 1. The van der Waals surface area contributed by atoms with Crippen LogP contribution in [0.5, 0.6) is 0 Å². The average Bonchev–Trinajstić information content (AvgIpc) is 2.51. The van der Waals surface area contributed by atoms with Crippen LogP contribution in [0.15, 0.2) is 48.7 Å². The van der Waals surface area contributed by atoms with Crippen LogP contribution in [0.4, 0.5) is 0 Å². The van der Waals surface area contributed by atoms with Gasteiger partial charge in [-0.25, -0.2) is 0 Å². The molecule has 0 amide bonds. The van der Waals surface area contributed by atoms with Gasteiger partial charge >= 0.3 is 0 Å². The van der Waals surface area contributed by atoms with E-state index in [0.717, 1.165) is 36.9 Å². The molecule has 2 nitrogen and oxygen atoms in total. The van der Waals surface area contributed by atoms with Crippen LogP contribution in [0.3, 0.4) is 0 Å². The second-order valence-corrected chi connectivity index (χ2v) is 6.34. The summed E-state index contributed by atoms with van der Waals surface area (Å²) in [4.78, 5) is 4.41. The molecule has 1 heterocycles. The highest BCUT2D eigenvalue weighted by Crippen LogP contribution is 2.43. The Morgan fingerprint density at radius 2 is 1.95 bits per heavy atom. The molecular formula is C18H20ClNO. The highest BCUT2D eigenvalue weighted by molar-refractivity contribution is 6.30. The summed E-state index contributed by atoms with van der Waals surface area (Å²) in [6.45, 7) is 0. The van der Waals surface area contributed by atoms with E-state index in [1.54, 1.807) is 0 Å². The summed E-state index contributed by atoms with van der Waals surface area (Å²) in [6, 6.07) is 13.6. The van der Waals surface area contributed by atoms with E-state index in [-0.39, 0.29) is 5.92 Å². The van der Waals surface area contributed by atoms with Crippen molar-refractivity contribution in [3.8, 4) is 0 Å². The number of hydrogen-bond acceptors (Lipinski definition) is 2. The SMILES string of the molecule is O[C@]1(c2ccc(Cl)cc2)CCCC[C@@H]1Cc1ccccn1. The molecule has 1 aromatic carbocycles.